The highest BCUT2D eigenvalue weighted by Gasteiger charge is 2.35. The van der Waals surface area contributed by atoms with Gasteiger partial charge in [-0.05, 0) is 12.8 Å². The average Bonchev–Trinajstić information content (AvgIpc) is 3.29. The normalized spacial score (nSPS) is 11.7. The van der Waals surface area contributed by atoms with Crippen LogP contribution < -0.4 is 5.73 Å². The predicted molar refractivity (Wildman–Crippen MR) is 116 cm³/mol. The Morgan fingerprint density at radius 2 is 1.53 bits per heavy atom. The molecule has 0 saturated carbocycles. The van der Waals surface area contributed by atoms with Gasteiger partial charge >= 0.3 is 0 Å². The average molecular weight is 465 g/mol. The van der Waals surface area contributed by atoms with Crippen molar-refractivity contribution in [3.63, 3.8) is 0 Å². The van der Waals surface area contributed by atoms with Crippen LogP contribution >= 0.6 is 0 Å². The number of nitrogens with two attached hydrogens (primary N) is 1. The molecule has 1 heterocycles. The van der Waals surface area contributed by atoms with E-state index >= 15 is 0 Å². The number of aromatic nitrogens is 3. The summed E-state index contributed by atoms with van der Waals surface area (Å²) in [6, 6.07) is 0. The second-order valence-corrected chi connectivity index (χ2v) is 7.35. The van der Waals surface area contributed by atoms with Crippen LogP contribution in [0.15, 0.2) is 6.20 Å². The second kappa shape index (κ2) is 17.8. The van der Waals surface area contributed by atoms with Gasteiger partial charge in [0.1, 0.15) is 5.54 Å². The van der Waals surface area contributed by atoms with Crippen LogP contribution in [0.3, 0.4) is 0 Å². The Morgan fingerprint density at radius 3 is 1.94 bits per heavy atom. The molecule has 1 amide bonds. The maximum absolute atomic E-state index is 10.9. The minimum absolute atomic E-state index is 0.0486. The molecule has 0 fully saturated rings. The first-order valence-electron chi connectivity index (χ1n) is 10.8. The SMILES string of the molecule is CC.NC(=O)CCCc1cn(C(CO)(COCC(CO)CO)COCC(CO)CO)nn1. The van der Waals surface area contributed by atoms with E-state index in [1.807, 2.05) is 13.8 Å². The van der Waals surface area contributed by atoms with Gasteiger partial charge < -0.3 is 40.7 Å². The van der Waals surface area contributed by atoms with Crippen molar-refractivity contribution in [2.45, 2.75) is 38.6 Å². The molecule has 0 bridgehead atoms. The summed E-state index contributed by atoms with van der Waals surface area (Å²) in [4.78, 5) is 10.9. The van der Waals surface area contributed by atoms with E-state index in [0.29, 0.717) is 18.5 Å². The number of aliphatic hydroxyl groups excluding tert-OH is 5. The van der Waals surface area contributed by atoms with Gasteiger partial charge in [-0.3, -0.25) is 4.79 Å². The van der Waals surface area contributed by atoms with E-state index in [-0.39, 0.29) is 59.3 Å². The monoisotopic (exact) mass is 464 g/mol. The van der Waals surface area contributed by atoms with Crippen LogP contribution in [0.2, 0.25) is 0 Å². The Labute approximate surface area is 189 Å². The van der Waals surface area contributed by atoms with Gasteiger partial charge in [0.25, 0.3) is 0 Å². The molecule has 1 rings (SSSR count). The number of aryl methyl sites for hydroxylation is 1. The number of hydrogen-bond donors (Lipinski definition) is 6. The molecule has 32 heavy (non-hydrogen) atoms. The molecule has 0 saturated heterocycles. The van der Waals surface area contributed by atoms with Gasteiger partial charge in [-0.2, -0.15) is 0 Å². The van der Waals surface area contributed by atoms with Crippen LogP contribution in [0.25, 0.3) is 0 Å². The third-order valence-electron chi connectivity index (χ3n) is 4.66. The van der Waals surface area contributed by atoms with E-state index in [9.17, 15) is 30.3 Å². The molecule has 0 aliphatic rings. The minimum Gasteiger partial charge on any atom is -0.396 e. The van der Waals surface area contributed by atoms with Gasteiger partial charge in [0, 0.05) is 24.5 Å². The summed E-state index contributed by atoms with van der Waals surface area (Å²) in [5, 5.41) is 55.0. The van der Waals surface area contributed by atoms with Gasteiger partial charge in [-0.1, -0.05) is 19.1 Å². The number of hydrogen-bond acceptors (Lipinski definition) is 10. The summed E-state index contributed by atoms with van der Waals surface area (Å²) in [6.45, 7) is 2.61. The molecule has 1 aromatic heterocycles. The maximum atomic E-state index is 10.9. The van der Waals surface area contributed by atoms with Crippen molar-refractivity contribution >= 4 is 5.91 Å². The molecule has 7 N–H and O–H groups in total. The highest BCUT2D eigenvalue weighted by Crippen LogP contribution is 2.19. The molecule has 0 unspecified atom stereocenters. The van der Waals surface area contributed by atoms with Crippen LogP contribution in [0, 0.1) is 11.8 Å². The standard InChI is InChI=1S/C18H34N4O8.C2H6/c19-17(28)3-1-2-16-4-22(21-20-16)18(11-27,12-29-9-14(5-23)6-24)13-30-10-15(7-25)8-26;1-2/h4,14-15,23-27H,1-3,5-13H2,(H2,19,28);1-2H3. The molecule has 1 aromatic rings. The van der Waals surface area contributed by atoms with E-state index in [2.05, 4.69) is 10.3 Å². The number of aliphatic hydroxyl groups is 5. The first-order chi connectivity index (χ1) is 15.4. The first-order valence-corrected chi connectivity index (χ1v) is 10.8. The molecule has 0 atom stereocenters. The number of nitrogens with zero attached hydrogens (tertiary/aromatic N) is 3. The number of rotatable bonds is 18. The topological polar surface area (TPSA) is 193 Å². The maximum Gasteiger partial charge on any atom is 0.217 e. The zero-order valence-corrected chi connectivity index (χ0v) is 19.1. The summed E-state index contributed by atoms with van der Waals surface area (Å²) < 4.78 is 12.6. The number of ether oxygens (including phenoxy) is 2. The molecule has 0 aliphatic heterocycles. The van der Waals surface area contributed by atoms with Gasteiger partial charge in [0.2, 0.25) is 5.91 Å². The van der Waals surface area contributed by atoms with Crippen molar-refractivity contribution < 1.29 is 39.8 Å². The number of carbonyl (C=O) groups is 1. The Hall–Kier alpha value is -1.67. The highest BCUT2D eigenvalue weighted by atomic mass is 16.5. The van der Waals surface area contributed by atoms with Gasteiger partial charge in [0.15, 0.2) is 0 Å². The van der Waals surface area contributed by atoms with Crippen molar-refractivity contribution in [2.24, 2.45) is 17.6 Å². The fourth-order valence-corrected chi connectivity index (χ4v) is 2.58. The second-order valence-electron chi connectivity index (χ2n) is 7.35. The van der Waals surface area contributed by atoms with E-state index in [1.165, 1.54) is 4.68 Å². The molecule has 0 aliphatic carbocycles. The molecular weight excluding hydrogens is 424 g/mol. The van der Waals surface area contributed by atoms with Crippen LogP contribution in [-0.4, -0.2) is 106 Å². The van der Waals surface area contributed by atoms with Gasteiger partial charge in [0.05, 0.1) is 65.2 Å². The summed E-state index contributed by atoms with van der Waals surface area (Å²) >= 11 is 0. The summed E-state index contributed by atoms with van der Waals surface area (Å²) in [5.74, 6) is -1.33. The fourth-order valence-electron chi connectivity index (χ4n) is 2.58. The van der Waals surface area contributed by atoms with Crippen molar-refractivity contribution in [3.05, 3.63) is 11.9 Å². The third kappa shape index (κ3) is 10.8. The molecule has 188 valence electrons. The largest absolute Gasteiger partial charge is 0.396 e. The van der Waals surface area contributed by atoms with E-state index in [4.69, 9.17) is 15.2 Å². The zero-order valence-electron chi connectivity index (χ0n) is 19.1. The van der Waals surface area contributed by atoms with Crippen LogP contribution in [0.1, 0.15) is 32.4 Å². The Balaban J connectivity index is 0.00000466. The quantitative estimate of drug-likeness (QED) is 0.142. The van der Waals surface area contributed by atoms with Crippen molar-refractivity contribution in [1.82, 2.24) is 15.0 Å². The molecule has 12 heteroatoms. The van der Waals surface area contributed by atoms with Crippen LogP contribution in [-0.2, 0) is 26.2 Å². The summed E-state index contributed by atoms with van der Waals surface area (Å²) in [7, 11) is 0. The summed E-state index contributed by atoms with van der Waals surface area (Å²) in [5.41, 5.74) is 4.58. The Kier molecular flexibility index (Phi) is 16.9. The van der Waals surface area contributed by atoms with Crippen molar-refractivity contribution in [1.29, 1.82) is 0 Å². The Bertz CT molecular complexity index is 576. The minimum atomic E-state index is -1.15. The fraction of sp³-hybridized carbons (Fsp3) is 0.850. The van der Waals surface area contributed by atoms with E-state index < -0.39 is 29.9 Å². The first kappa shape index (κ1) is 30.3. The van der Waals surface area contributed by atoms with Gasteiger partial charge in [-0.15, -0.1) is 5.10 Å². The Morgan fingerprint density at radius 1 is 1.03 bits per heavy atom. The van der Waals surface area contributed by atoms with Crippen LogP contribution in [0.4, 0.5) is 0 Å². The van der Waals surface area contributed by atoms with Gasteiger partial charge in [-0.25, -0.2) is 4.68 Å². The zero-order chi connectivity index (χ0) is 24.4. The number of carbonyl (C=O) groups excluding carboxylic acids is 1. The number of primary amides is 1. The molecule has 0 radical (unpaired) electrons. The lowest BCUT2D eigenvalue weighted by Gasteiger charge is -2.32. The number of amides is 1. The lowest BCUT2D eigenvalue weighted by Crippen LogP contribution is -2.47. The molecule has 0 aromatic carbocycles. The summed E-state index contributed by atoms with van der Waals surface area (Å²) in [6.07, 6.45) is 2.82. The van der Waals surface area contributed by atoms with Crippen molar-refractivity contribution in [2.75, 3.05) is 59.5 Å². The lowest BCUT2D eigenvalue weighted by molar-refractivity contribution is -0.118. The van der Waals surface area contributed by atoms with Crippen molar-refractivity contribution in [3.8, 4) is 0 Å². The van der Waals surface area contributed by atoms with E-state index in [0.717, 1.165) is 0 Å². The third-order valence-corrected chi connectivity index (χ3v) is 4.66. The lowest BCUT2D eigenvalue weighted by atomic mass is 10.0. The van der Waals surface area contributed by atoms with Crippen LogP contribution in [0.5, 0.6) is 0 Å². The highest BCUT2D eigenvalue weighted by molar-refractivity contribution is 5.73. The molecular formula is C20H40N4O8. The predicted octanol–water partition coefficient (Wildman–Crippen LogP) is -1.97. The smallest absolute Gasteiger partial charge is 0.217 e. The molecule has 12 nitrogen and oxygen atoms in total. The molecule has 0 spiro atoms. The van der Waals surface area contributed by atoms with E-state index in [1.54, 1.807) is 6.20 Å².